The van der Waals surface area contributed by atoms with E-state index in [0.717, 1.165) is 12.8 Å². The highest BCUT2D eigenvalue weighted by Gasteiger charge is 2.30. The average Bonchev–Trinajstić information content (AvgIpc) is 2.97. The molecule has 27 heavy (non-hydrogen) atoms. The predicted octanol–water partition coefficient (Wildman–Crippen LogP) is 2.89. The fraction of sp³-hybridized carbons (Fsp3) is 0.684. The summed E-state index contributed by atoms with van der Waals surface area (Å²) in [6, 6.07) is -0.0232. The van der Waals surface area contributed by atoms with E-state index in [1.807, 2.05) is 20.8 Å². The molecule has 8 nitrogen and oxygen atoms in total. The first-order valence-corrected chi connectivity index (χ1v) is 9.58. The van der Waals surface area contributed by atoms with Crippen molar-refractivity contribution in [2.45, 2.75) is 65.5 Å². The Labute approximate surface area is 158 Å². The second-order valence-electron chi connectivity index (χ2n) is 8.66. The number of carbonyl (C=O) groups excluding carboxylic acids is 1. The van der Waals surface area contributed by atoms with Crippen molar-refractivity contribution in [3.8, 4) is 0 Å². The lowest BCUT2D eigenvalue weighted by Gasteiger charge is -2.34. The summed E-state index contributed by atoms with van der Waals surface area (Å²) in [5.41, 5.74) is -0.101. The number of carbonyl (C=O) groups is 1. The van der Waals surface area contributed by atoms with Gasteiger partial charge in [0.15, 0.2) is 5.65 Å². The van der Waals surface area contributed by atoms with Crippen LogP contribution in [0.1, 0.15) is 59.3 Å². The molecular formula is C19H29N5O3. The summed E-state index contributed by atoms with van der Waals surface area (Å²) in [6.07, 6.45) is 3.68. The van der Waals surface area contributed by atoms with E-state index < -0.39 is 5.60 Å². The quantitative estimate of drug-likeness (QED) is 0.890. The molecule has 1 unspecified atom stereocenters. The maximum Gasteiger partial charge on any atom is 0.410 e. The van der Waals surface area contributed by atoms with Crippen molar-refractivity contribution in [1.29, 1.82) is 0 Å². The molecule has 2 aromatic rings. The second-order valence-corrected chi connectivity index (χ2v) is 8.66. The second kappa shape index (κ2) is 7.32. The minimum Gasteiger partial charge on any atom is -0.444 e. The Hall–Kier alpha value is -2.38. The third-order valence-corrected chi connectivity index (χ3v) is 4.51. The Kier molecular flexibility index (Phi) is 5.26. The third kappa shape index (κ3) is 4.48. The van der Waals surface area contributed by atoms with Crippen molar-refractivity contribution in [2.24, 2.45) is 5.92 Å². The molecular weight excluding hydrogens is 346 g/mol. The van der Waals surface area contributed by atoms with Crippen molar-refractivity contribution in [2.75, 3.05) is 13.1 Å². The molecule has 0 saturated carbocycles. The van der Waals surface area contributed by atoms with Gasteiger partial charge in [-0.15, -0.1) is 0 Å². The number of hydrogen-bond donors (Lipinski definition) is 1. The van der Waals surface area contributed by atoms with Gasteiger partial charge in [0, 0.05) is 19.5 Å². The number of fused-ring (bicyclic) bond motifs is 1. The van der Waals surface area contributed by atoms with Gasteiger partial charge < -0.3 is 14.6 Å². The molecule has 8 heteroatoms. The number of aromatic amines is 1. The minimum absolute atomic E-state index is 0.0232. The van der Waals surface area contributed by atoms with E-state index in [1.54, 1.807) is 15.8 Å². The topological polar surface area (TPSA) is 93.1 Å². The lowest BCUT2D eigenvalue weighted by atomic mass is 10.1. The Morgan fingerprint density at radius 1 is 1.41 bits per heavy atom. The van der Waals surface area contributed by atoms with Gasteiger partial charge in [-0.1, -0.05) is 13.8 Å². The molecule has 1 aliphatic rings. The van der Waals surface area contributed by atoms with Crippen LogP contribution in [0.25, 0.3) is 11.0 Å². The molecule has 0 radical (unpaired) electrons. The van der Waals surface area contributed by atoms with Crippen molar-refractivity contribution in [3.63, 3.8) is 0 Å². The van der Waals surface area contributed by atoms with Crippen LogP contribution in [0.2, 0.25) is 0 Å². The average molecular weight is 375 g/mol. The lowest BCUT2D eigenvalue weighted by molar-refractivity contribution is 0.0169. The summed E-state index contributed by atoms with van der Waals surface area (Å²) in [7, 11) is 0. The minimum atomic E-state index is -0.525. The number of nitrogens with zero attached hydrogens (tertiary/aromatic N) is 4. The molecule has 0 bridgehead atoms. The summed E-state index contributed by atoms with van der Waals surface area (Å²) < 4.78 is 7.30. The van der Waals surface area contributed by atoms with Crippen LogP contribution >= 0.6 is 0 Å². The molecule has 0 aliphatic carbocycles. The molecule has 1 N–H and O–H groups in total. The van der Waals surface area contributed by atoms with Gasteiger partial charge in [-0.25, -0.2) is 14.5 Å². The van der Waals surface area contributed by atoms with Gasteiger partial charge in [0.05, 0.1) is 12.2 Å². The van der Waals surface area contributed by atoms with Gasteiger partial charge in [-0.2, -0.15) is 5.10 Å². The first-order valence-electron chi connectivity index (χ1n) is 9.58. The molecule has 148 valence electrons. The van der Waals surface area contributed by atoms with Gasteiger partial charge in [-0.3, -0.25) is 4.79 Å². The SMILES string of the molecule is CC(C)Cc1nc2c(cnn2C2CCCN(C(=O)OC(C)(C)C)C2)c(=O)[nH]1. The van der Waals surface area contributed by atoms with Crippen LogP contribution in [0.4, 0.5) is 4.79 Å². The zero-order chi connectivity index (χ0) is 19.8. The monoisotopic (exact) mass is 375 g/mol. The number of rotatable bonds is 3. The first-order chi connectivity index (χ1) is 12.6. The van der Waals surface area contributed by atoms with Crippen LogP contribution in [0.15, 0.2) is 11.0 Å². The maximum atomic E-state index is 12.4. The molecule has 1 aliphatic heterocycles. The molecule has 3 heterocycles. The van der Waals surface area contributed by atoms with Crippen LogP contribution in [-0.2, 0) is 11.2 Å². The van der Waals surface area contributed by atoms with Gasteiger partial charge in [-0.05, 0) is 39.5 Å². The van der Waals surface area contributed by atoms with Crippen molar-refractivity contribution in [3.05, 3.63) is 22.4 Å². The molecule has 0 aromatic carbocycles. The van der Waals surface area contributed by atoms with E-state index in [1.165, 1.54) is 0 Å². The Bertz CT molecular complexity index is 878. The molecule has 1 fully saturated rings. The Morgan fingerprint density at radius 2 is 2.15 bits per heavy atom. The molecule has 1 atom stereocenters. The van der Waals surface area contributed by atoms with Crippen LogP contribution < -0.4 is 5.56 Å². The molecule has 1 saturated heterocycles. The predicted molar refractivity (Wildman–Crippen MR) is 103 cm³/mol. The van der Waals surface area contributed by atoms with Crippen molar-refractivity contribution in [1.82, 2.24) is 24.6 Å². The lowest BCUT2D eigenvalue weighted by Crippen LogP contribution is -2.43. The summed E-state index contributed by atoms with van der Waals surface area (Å²) >= 11 is 0. The van der Waals surface area contributed by atoms with Gasteiger partial charge in [0.2, 0.25) is 0 Å². The fourth-order valence-electron chi connectivity index (χ4n) is 3.38. The smallest absolute Gasteiger partial charge is 0.410 e. The standard InChI is InChI=1S/C19H29N5O3/c1-12(2)9-15-21-16-14(17(25)22-15)10-20-24(16)13-7-6-8-23(11-13)18(26)27-19(3,4)5/h10,12-13H,6-9,11H2,1-5H3,(H,21,22,25). The van der Waals surface area contributed by atoms with E-state index in [-0.39, 0.29) is 17.7 Å². The molecule has 0 spiro atoms. The summed E-state index contributed by atoms with van der Waals surface area (Å²) in [4.78, 5) is 34.0. The van der Waals surface area contributed by atoms with E-state index in [9.17, 15) is 9.59 Å². The summed E-state index contributed by atoms with van der Waals surface area (Å²) in [5.74, 6) is 1.06. The van der Waals surface area contributed by atoms with Crippen LogP contribution in [0.3, 0.4) is 0 Å². The largest absolute Gasteiger partial charge is 0.444 e. The Balaban J connectivity index is 1.87. The zero-order valence-electron chi connectivity index (χ0n) is 16.8. The number of hydrogen-bond acceptors (Lipinski definition) is 5. The van der Waals surface area contributed by atoms with E-state index in [2.05, 4.69) is 28.9 Å². The van der Waals surface area contributed by atoms with Crippen molar-refractivity contribution >= 4 is 17.1 Å². The van der Waals surface area contributed by atoms with Gasteiger partial charge in [0.1, 0.15) is 16.8 Å². The zero-order valence-corrected chi connectivity index (χ0v) is 16.8. The molecule has 1 amide bonds. The highest BCUT2D eigenvalue weighted by atomic mass is 16.6. The summed E-state index contributed by atoms with van der Waals surface area (Å²) in [5, 5.41) is 4.91. The van der Waals surface area contributed by atoms with Crippen molar-refractivity contribution < 1.29 is 9.53 Å². The normalized spacial score (nSPS) is 18.3. The number of piperidine rings is 1. The fourth-order valence-corrected chi connectivity index (χ4v) is 3.38. The van der Waals surface area contributed by atoms with E-state index >= 15 is 0 Å². The molecule has 2 aromatic heterocycles. The molecule has 3 rings (SSSR count). The summed E-state index contributed by atoms with van der Waals surface area (Å²) in [6.45, 7) is 10.9. The van der Waals surface area contributed by atoms with E-state index in [4.69, 9.17) is 4.74 Å². The maximum absolute atomic E-state index is 12.4. The highest BCUT2D eigenvalue weighted by molar-refractivity contribution is 5.73. The van der Waals surface area contributed by atoms with E-state index in [0.29, 0.717) is 42.3 Å². The number of nitrogens with one attached hydrogen (secondary N) is 1. The van der Waals surface area contributed by atoms with Crippen LogP contribution in [0.5, 0.6) is 0 Å². The number of aromatic nitrogens is 4. The van der Waals surface area contributed by atoms with Gasteiger partial charge in [0.25, 0.3) is 5.56 Å². The third-order valence-electron chi connectivity index (χ3n) is 4.51. The number of H-pyrrole nitrogens is 1. The first kappa shape index (κ1) is 19.4. The Morgan fingerprint density at radius 3 is 2.81 bits per heavy atom. The van der Waals surface area contributed by atoms with Crippen LogP contribution in [-0.4, -0.2) is 49.4 Å². The van der Waals surface area contributed by atoms with Gasteiger partial charge >= 0.3 is 6.09 Å². The highest BCUT2D eigenvalue weighted by Crippen LogP contribution is 2.25. The number of likely N-dealkylation sites (tertiary alicyclic amines) is 1. The number of amides is 1. The number of ether oxygens (including phenoxy) is 1. The van der Waals surface area contributed by atoms with Crippen LogP contribution in [0, 0.1) is 5.92 Å².